The van der Waals surface area contributed by atoms with E-state index in [9.17, 15) is 9.90 Å². The molecule has 6 heteroatoms. The van der Waals surface area contributed by atoms with Crippen molar-refractivity contribution in [3.05, 3.63) is 23.9 Å². The molecule has 1 aromatic rings. The summed E-state index contributed by atoms with van der Waals surface area (Å²) in [4.78, 5) is 18.7. The van der Waals surface area contributed by atoms with E-state index in [1.807, 2.05) is 33.0 Å². The first kappa shape index (κ1) is 18.5. The molecule has 0 radical (unpaired) electrons. The number of aromatic nitrogens is 1. The number of piperidine rings is 1. The molecule has 1 aliphatic rings. The molecule has 3 N–H and O–H groups in total. The zero-order chi connectivity index (χ0) is 17.7. The first-order valence-electron chi connectivity index (χ1n) is 8.72. The maximum Gasteiger partial charge on any atom is 0.315 e. The summed E-state index contributed by atoms with van der Waals surface area (Å²) in [6.45, 7) is 9.66. The van der Waals surface area contributed by atoms with Gasteiger partial charge in [-0.1, -0.05) is 19.9 Å². The van der Waals surface area contributed by atoms with E-state index < -0.39 is 5.60 Å². The minimum atomic E-state index is -0.891. The molecule has 1 aromatic heterocycles. The molecular weight excluding hydrogens is 304 g/mol. The smallest absolute Gasteiger partial charge is 0.315 e. The van der Waals surface area contributed by atoms with Gasteiger partial charge in [-0.25, -0.2) is 9.78 Å². The van der Waals surface area contributed by atoms with Gasteiger partial charge in [0.15, 0.2) is 0 Å². The lowest BCUT2D eigenvalue weighted by Gasteiger charge is -2.33. The number of hydrogen-bond acceptors (Lipinski definition) is 4. The van der Waals surface area contributed by atoms with E-state index in [0.717, 1.165) is 37.3 Å². The highest BCUT2D eigenvalue weighted by Gasteiger charge is 2.26. The lowest BCUT2D eigenvalue weighted by atomic mass is 9.93. The Bertz CT molecular complexity index is 534. The molecule has 1 aliphatic heterocycles. The normalized spacial score (nSPS) is 18.3. The molecule has 1 saturated heterocycles. The van der Waals surface area contributed by atoms with Gasteiger partial charge in [-0.15, -0.1) is 0 Å². The quantitative estimate of drug-likeness (QED) is 0.770. The van der Waals surface area contributed by atoms with Crippen LogP contribution in [0, 0.1) is 12.8 Å². The lowest BCUT2D eigenvalue weighted by molar-refractivity contribution is 0.0165. The highest BCUT2D eigenvalue weighted by Crippen LogP contribution is 2.18. The number of nitrogens with one attached hydrogen (secondary N) is 2. The van der Waals surface area contributed by atoms with Crippen LogP contribution in [0.2, 0.25) is 0 Å². The lowest BCUT2D eigenvalue weighted by Crippen LogP contribution is -2.51. The van der Waals surface area contributed by atoms with Crippen molar-refractivity contribution in [3.63, 3.8) is 0 Å². The zero-order valence-corrected chi connectivity index (χ0v) is 15.2. The second kappa shape index (κ2) is 7.83. The van der Waals surface area contributed by atoms with Gasteiger partial charge in [-0.2, -0.15) is 0 Å². The predicted octanol–water partition coefficient (Wildman–Crippen LogP) is 2.07. The number of rotatable bonds is 5. The van der Waals surface area contributed by atoms with Crippen molar-refractivity contribution in [2.45, 2.75) is 52.2 Å². The standard InChI is InChI=1S/C18H30N4O2/c1-13(2)18(4,24)12-20-17(23)21-15-7-9-22(10-8-15)16-6-5-14(3)11-19-16/h5-6,11,13,15,24H,7-10,12H2,1-4H3,(H2,20,21,23). The van der Waals surface area contributed by atoms with Crippen molar-refractivity contribution in [2.24, 2.45) is 5.92 Å². The first-order chi connectivity index (χ1) is 11.3. The number of aryl methyl sites for hydroxylation is 1. The van der Waals surface area contributed by atoms with Gasteiger partial charge in [-0.3, -0.25) is 0 Å². The van der Waals surface area contributed by atoms with Crippen molar-refractivity contribution in [1.29, 1.82) is 0 Å². The third-order valence-corrected chi connectivity index (χ3v) is 4.90. The van der Waals surface area contributed by atoms with Crippen LogP contribution in [-0.4, -0.2) is 47.4 Å². The molecule has 0 saturated carbocycles. The van der Waals surface area contributed by atoms with Gasteiger partial charge in [0, 0.05) is 31.9 Å². The average molecular weight is 334 g/mol. The molecule has 1 fully saturated rings. The Morgan fingerprint density at radius 3 is 2.62 bits per heavy atom. The zero-order valence-electron chi connectivity index (χ0n) is 15.2. The summed E-state index contributed by atoms with van der Waals surface area (Å²) in [5, 5.41) is 15.9. The summed E-state index contributed by atoms with van der Waals surface area (Å²) in [6, 6.07) is 4.07. The van der Waals surface area contributed by atoms with Gasteiger partial charge in [0.25, 0.3) is 0 Å². The molecule has 0 aliphatic carbocycles. The van der Waals surface area contributed by atoms with Crippen LogP contribution in [0.1, 0.15) is 39.2 Å². The SMILES string of the molecule is Cc1ccc(N2CCC(NC(=O)NCC(C)(O)C(C)C)CC2)nc1. The van der Waals surface area contributed by atoms with Crippen LogP contribution in [0.25, 0.3) is 0 Å². The number of carbonyl (C=O) groups is 1. The van der Waals surface area contributed by atoms with Gasteiger partial charge >= 0.3 is 6.03 Å². The van der Waals surface area contributed by atoms with E-state index in [2.05, 4.69) is 26.6 Å². The van der Waals surface area contributed by atoms with Gasteiger partial charge in [0.05, 0.1) is 5.60 Å². The topological polar surface area (TPSA) is 77.5 Å². The molecule has 2 amide bonds. The number of pyridine rings is 1. The van der Waals surface area contributed by atoms with E-state index in [4.69, 9.17) is 0 Å². The van der Waals surface area contributed by atoms with Crippen molar-refractivity contribution in [2.75, 3.05) is 24.5 Å². The van der Waals surface area contributed by atoms with Gasteiger partial charge in [0.2, 0.25) is 0 Å². The Balaban J connectivity index is 1.74. The number of urea groups is 1. The first-order valence-corrected chi connectivity index (χ1v) is 8.72. The monoisotopic (exact) mass is 334 g/mol. The highest BCUT2D eigenvalue weighted by molar-refractivity contribution is 5.74. The Morgan fingerprint density at radius 2 is 2.08 bits per heavy atom. The molecule has 134 valence electrons. The van der Waals surface area contributed by atoms with Gasteiger partial charge in [-0.05, 0) is 44.2 Å². The fourth-order valence-electron chi connectivity index (χ4n) is 2.60. The number of aliphatic hydroxyl groups is 1. The summed E-state index contributed by atoms with van der Waals surface area (Å²) < 4.78 is 0. The number of carbonyl (C=O) groups excluding carboxylic acids is 1. The maximum atomic E-state index is 12.0. The molecule has 6 nitrogen and oxygen atoms in total. The molecule has 0 spiro atoms. The summed E-state index contributed by atoms with van der Waals surface area (Å²) in [5.41, 5.74) is 0.266. The fourth-order valence-corrected chi connectivity index (χ4v) is 2.60. The van der Waals surface area contributed by atoms with Crippen molar-refractivity contribution < 1.29 is 9.90 Å². The average Bonchev–Trinajstić information content (AvgIpc) is 2.54. The summed E-state index contributed by atoms with van der Waals surface area (Å²) in [7, 11) is 0. The largest absolute Gasteiger partial charge is 0.388 e. The molecule has 2 heterocycles. The van der Waals surface area contributed by atoms with Crippen LogP contribution < -0.4 is 15.5 Å². The Morgan fingerprint density at radius 1 is 1.42 bits per heavy atom. The van der Waals surface area contributed by atoms with E-state index >= 15 is 0 Å². The second-order valence-corrected chi connectivity index (χ2v) is 7.29. The molecule has 2 rings (SSSR count). The summed E-state index contributed by atoms with van der Waals surface area (Å²) in [5.74, 6) is 1.08. The van der Waals surface area contributed by atoms with Gasteiger partial charge in [0.1, 0.15) is 5.82 Å². The molecule has 0 aromatic carbocycles. The van der Waals surface area contributed by atoms with E-state index in [0.29, 0.717) is 0 Å². The fraction of sp³-hybridized carbons (Fsp3) is 0.667. The summed E-state index contributed by atoms with van der Waals surface area (Å²) >= 11 is 0. The number of hydrogen-bond donors (Lipinski definition) is 3. The van der Waals surface area contributed by atoms with Crippen LogP contribution >= 0.6 is 0 Å². The maximum absolute atomic E-state index is 12.0. The third kappa shape index (κ3) is 5.09. The van der Waals surface area contributed by atoms with Crippen molar-refractivity contribution in [3.8, 4) is 0 Å². The Hall–Kier alpha value is -1.82. The molecular formula is C18H30N4O2. The number of amides is 2. The van der Waals surface area contributed by atoms with E-state index in [1.54, 1.807) is 6.92 Å². The van der Waals surface area contributed by atoms with Crippen LogP contribution in [0.5, 0.6) is 0 Å². The van der Waals surface area contributed by atoms with E-state index in [-0.39, 0.29) is 24.5 Å². The van der Waals surface area contributed by atoms with Gasteiger partial charge < -0.3 is 20.6 Å². The number of anilines is 1. The van der Waals surface area contributed by atoms with Crippen LogP contribution in [-0.2, 0) is 0 Å². The highest BCUT2D eigenvalue weighted by atomic mass is 16.3. The molecule has 24 heavy (non-hydrogen) atoms. The molecule has 1 unspecified atom stereocenters. The van der Waals surface area contributed by atoms with Crippen molar-refractivity contribution >= 4 is 11.8 Å². The minimum Gasteiger partial charge on any atom is -0.388 e. The second-order valence-electron chi connectivity index (χ2n) is 7.29. The van der Waals surface area contributed by atoms with Crippen LogP contribution in [0.4, 0.5) is 10.6 Å². The molecule has 1 atom stereocenters. The van der Waals surface area contributed by atoms with Crippen molar-refractivity contribution in [1.82, 2.24) is 15.6 Å². The van der Waals surface area contributed by atoms with Crippen LogP contribution in [0.3, 0.4) is 0 Å². The molecule has 0 bridgehead atoms. The summed E-state index contributed by atoms with van der Waals surface area (Å²) in [6.07, 6.45) is 3.67. The Kier molecular flexibility index (Phi) is 6.04. The predicted molar refractivity (Wildman–Crippen MR) is 96.2 cm³/mol. The van der Waals surface area contributed by atoms with Crippen LogP contribution in [0.15, 0.2) is 18.3 Å². The minimum absolute atomic E-state index is 0.0862. The Labute approximate surface area is 144 Å². The number of nitrogens with zero attached hydrogens (tertiary/aromatic N) is 2. The van der Waals surface area contributed by atoms with E-state index in [1.165, 1.54) is 0 Å². The third-order valence-electron chi connectivity index (χ3n) is 4.90.